The lowest BCUT2D eigenvalue weighted by Crippen LogP contribution is -2.31. The number of rotatable bonds is 2. The van der Waals surface area contributed by atoms with Crippen LogP contribution in [0.3, 0.4) is 0 Å². The number of nitrogens with two attached hydrogens (primary N) is 1. The summed E-state index contributed by atoms with van der Waals surface area (Å²) in [5.41, 5.74) is 6.85. The first-order valence-electron chi connectivity index (χ1n) is 6.54. The van der Waals surface area contributed by atoms with E-state index in [1.54, 1.807) is 11.3 Å². The van der Waals surface area contributed by atoms with Gasteiger partial charge in [-0.15, -0.1) is 11.3 Å². The molecule has 0 spiro atoms. The molecule has 2 aromatic rings. The zero-order valence-electron chi connectivity index (χ0n) is 11.0. The Labute approximate surface area is 116 Å². The zero-order valence-corrected chi connectivity index (χ0v) is 11.8. The van der Waals surface area contributed by atoms with Gasteiger partial charge in [0.15, 0.2) is 5.82 Å². The highest BCUT2D eigenvalue weighted by Gasteiger charge is 2.16. The van der Waals surface area contributed by atoms with Crippen LogP contribution in [0.15, 0.2) is 11.4 Å². The number of aromatic nitrogens is 3. The van der Waals surface area contributed by atoms with Gasteiger partial charge in [0.25, 0.3) is 0 Å². The predicted molar refractivity (Wildman–Crippen MR) is 78.4 cm³/mol. The van der Waals surface area contributed by atoms with Crippen LogP contribution in [0.1, 0.15) is 24.1 Å². The molecule has 1 fully saturated rings. The molecule has 3 heterocycles. The first-order chi connectivity index (χ1) is 9.22. The number of hydrogen-bond acceptors (Lipinski definition) is 6. The molecule has 5 nitrogen and oxygen atoms in total. The maximum Gasteiger partial charge on any atom is 0.230 e. The van der Waals surface area contributed by atoms with E-state index in [0.29, 0.717) is 17.7 Å². The summed E-state index contributed by atoms with van der Waals surface area (Å²) < 4.78 is 0. The molecule has 3 rings (SSSR count). The van der Waals surface area contributed by atoms with Crippen molar-refractivity contribution in [2.45, 2.75) is 26.2 Å². The van der Waals surface area contributed by atoms with Crippen LogP contribution in [0, 0.1) is 6.92 Å². The van der Waals surface area contributed by atoms with Crippen LogP contribution in [-0.2, 0) is 0 Å². The molecular formula is C13H17N5S. The molecule has 0 bridgehead atoms. The highest BCUT2D eigenvalue weighted by atomic mass is 32.1. The minimum Gasteiger partial charge on any atom is -0.368 e. The molecule has 0 radical (unpaired) electrons. The van der Waals surface area contributed by atoms with Gasteiger partial charge in [0.1, 0.15) is 0 Å². The van der Waals surface area contributed by atoms with Crippen molar-refractivity contribution in [1.29, 1.82) is 0 Å². The van der Waals surface area contributed by atoms with Gasteiger partial charge in [0, 0.05) is 28.9 Å². The van der Waals surface area contributed by atoms with Gasteiger partial charge in [-0.2, -0.15) is 15.0 Å². The number of nitrogens with zero attached hydrogens (tertiary/aromatic N) is 4. The van der Waals surface area contributed by atoms with Gasteiger partial charge in [-0.05, 0) is 32.3 Å². The molecular weight excluding hydrogens is 258 g/mol. The number of anilines is 2. The molecule has 19 heavy (non-hydrogen) atoms. The Morgan fingerprint density at radius 3 is 2.63 bits per heavy atom. The van der Waals surface area contributed by atoms with Crippen LogP contribution in [0.4, 0.5) is 11.9 Å². The van der Waals surface area contributed by atoms with Crippen molar-refractivity contribution < 1.29 is 0 Å². The molecule has 0 unspecified atom stereocenters. The monoisotopic (exact) mass is 275 g/mol. The summed E-state index contributed by atoms with van der Waals surface area (Å²) in [6.07, 6.45) is 3.67. The SMILES string of the molecule is Cc1cc(-c2nc(N)nc(N3CCCCC3)n2)cs1. The lowest BCUT2D eigenvalue weighted by molar-refractivity contribution is 0.568. The molecule has 1 aliphatic heterocycles. The highest BCUT2D eigenvalue weighted by Crippen LogP contribution is 2.24. The minimum absolute atomic E-state index is 0.300. The third-order valence-electron chi connectivity index (χ3n) is 3.27. The van der Waals surface area contributed by atoms with Crippen molar-refractivity contribution in [3.05, 3.63) is 16.3 Å². The number of nitrogen functional groups attached to an aromatic ring is 1. The van der Waals surface area contributed by atoms with Crippen molar-refractivity contribution >= 4 is 23.2 Å². The van der Waals surface area contributed by atoms with E-state index in [-0.39, 0.29) is 0 Å². The van der Waals surface area contributed by atoms with Gasteiger partial charge < -0.3 is 10.6 Å². The summed E-state index contributed by atoms with van der Waals surface area (Å²) in [5, 5.41) is 2.06. The summed E-state index contributed by atoms with van der Waals surface area (Å²) in [7, 11) is 0. The third-order valence-corrected chi connectivity index (χ3v) is 4.13. The molecule has 0 saturated carbocycles. The summed E-state index contributed by atoms with van der Waals surface area (Å²) in [6.45, 7) is 4.08. The van der Waals surface area contributed by atoms with Crippen molar-refractivity contribution in [3.63, 3.8) is 0 Å². The molecule has 100 valence electrons. The van der Waals surface area contributed by atoms with Crippen molar-refractivity contribution in [2.75, 3.05) is 23.7 Å². The second-order valence-corrected chi connectivity index (χ2v) is 5.93. The topological polar surface area (TPSA) is 67.9 Å². The number of hydrogen-bond donors (Lipinski definition) is 1. The second kappa shape index (κ2) is 5.13. The largest absolute Gasteiger partial charge is 0.368 e. The van der Waals surface area contributed by atoms with Crippen LogP contribution in [0.5, 0.6) is 0 Å². The van der Waals surface area contributed by atoms with Gasteiger partial charge in [-0.3, -0.25) is 0 Å². The van der Waals surface area contributed by atoms with Crippen LogP contribution >= 0.6 is 11.3 Å². The molecule has 1 saturated heterocycles. The number of thiophene rings is 1. The van der Waals surface area contributed by atoms with Crippen LogP contribution in [0.25, 0.3) is 11.4 Å². The van der Waals surface area contributed by atoms with E-state index in [9.17, 15) is 0 Å². The summed E-state index contributed by atoms with van der Waals surface area (Å²) in [6, 6.07) is 2.08. The van der Waals surface area contributed by atoms with Crippen molar-refractivity contribution in [2.24, 2.45) is 0 Å². The van der Waals surface area contributed by atoms with Gasteiger partial charge in [-0.1, -0.05) is 0 Å². The lowest BCUT2D eigenvalue weighted by Gasteiger charge is -2.26. The Balaban J connectivity index is 1.95. The molecule has 0 aromatic carbocycles. The van der Waals surface area contributed by atoms with E-state index >= 15 is 0 Å². The van der Waals surface area contributed by atoms with Gasteiger partial charge in [0.05, 0.1) is 0 Å². The quantitative estimate of drug-likeness (QED) is 0.912. The average Bonchev–Trinajstić information content (AvgIpc) is 2.86. The Morgan fingerprint density at radius 1 is 1.16 bits per heavy atom. The van der Waals surface area contributed by atoms with Crippen molar-refractivity contribution in [1.82, 2.24) is 15.0 Å². The lowest BCUT2D eigenvalue weighted by atomic mass is 10.1. The standard InChI is InChI=1S/C13H17N5S/c1-9-7-10(8-19-9)11-15-12(14)17-13(16-11)18-5-3-2-4-6-18/h7-8H,2-6H2,1H3,(H2,14,15,16,17). The predicted octanol–water partition coefficient (Wildman–Crippen LogP) is 2.48. The number of piperidine rings is 1. The first kappa shape index (κ1) is 12.3. The van der Waals surface area contributed by atoms with E-state index in [2.05, 4.69) is 38.2 Å². The van der Waals surface area contributed by atoms with Gasteiger partial charge in [0.2, 0.25) is 11.9 Å². The van der Waals surface area contributed by atoms with E-state index < -0.39 is 0 Å². The Hall–Kier alpha value is -1.69. The maximum atomic E-state index is 5.82. The molecule has 0 aliphatic carbocycles. The summed E-state index contributed by atoms with van der Waals surface area (Å²) >= 11 is 1.69. The molecule has 2 aromatic heterocycles. The maximum absolute atomic E-state index is 5.82. The normalized spacial score (nSPS) is 15.7. The minimum atomic E-state index is 0.300. The van der Waals surface area contributed by atoms with Crippen molar-refractivity contribution in [3.8, 4) is 11.4 Å². The van der Waals surface area contributed by atoms with Gasteiger partial charge in [-0.25, -0.2) is 0 Å². The molecule has 6 heteroatoms. The number of aryl methyl sites for hydroxylation is 1. The summed E-state index contributed by atoms with van der Waals surface area (Å²) in [4.78, 5) is 16.5. The zero-order chi connectivity index (χ0) is 13.2. The van der Waals surface area contributed by atoms with E-state index in [1.165, 1.54) is 24.1 Å². The van der Waals surface area contributed by atoms with E-state index in [0.717, 1.165) is 18.7 Å². The fourth-order valence-corrected chi connectivity index (χ4v) is 2.99. The first-order valence-corrected chi connectivity index (χ1v) is 7.42. The summed E-state index contributed by atoms with van der Waals surface area (Å²) in [5.74, 6) is 1.69. The van der Waals surface area contributed by atoms with E-state index in [1.807, 2.05) is 0 Å². The third kappa shape index (κ3) is 2.68. The second-order valence-electron chi connectivity index (χ2n) is 4.81. The van der Waals surface area contributed by atoms with Crippen LogP contribution in [-0.4, -0.2) is 28.0 Å². The molecule has 1 aliphatic rings. The average molecular weight is 275 g/mol. The highest BCUT2D eigenvalue weighted by molar-refractivity contribution is 7.10. The Kier molecular flexibility index (Phi) is 3.33. The Morgan fingerprint density at radius 2 is 1.95 bits per heavy atom. The molecule has 0 amide bonds. The Bertz CT molecular complexity index is 574. The smallest absolute Gasteiger partial charge is 0.230 e. The molecule has 2 N–H and O–H groups in total. The van der Waals surface area contributed by atoms with E-state index in [4.69, 9.17) is 5.73 Å². The van der Waals surface area contributed by atoms with Crippen LogP contribution < -0.4 is 10.6 Å². The fourth-order valence-electron chi connectivity index (χ4n) is 2.31. The van der Waals surface area contributed by atoms with Gasteiger partial charge >= 0.3 is 0 Å². The molecule has 0 atom stereocenters. The van der Waals surface area contributed by atoms with Crippen LogP contribution in [0.2, 0.25) is 0 Å². The fraction of sp³-hybridized carbons (Fsp3) is 0.462.